The van der Waals surface area contributed by atoms with Crippen molar-refractivity contribution in [3.63, 3.8) is 0 Å². The van der Waals surface area contributed by atoms with Crippen LogP contribution in [0, 0.1) is 5.92 Å². The van der Waals surface area contributed by atoms with Crippen LogP contribution in [-0.2, 0) is 9.59 Å². The van der Waals surface area contributed by atoms with Gasteiger partial charge in [0.2, 0.25) is 5.91 Å². The molecule has 1 aliphatic rings. The highest BCUT2D eigenvalue weighted by atomic mass is 16.4. The number of hydrogen-bond acceptors (Lipinski definition) is 3. The van der Waals surface area contributed by atoms with E-state index in [1.807, 2.05) is 0 Å². The largest absolute Gasteiger partial charge is 0.508 e. The molecule has 0 heterocycles. The van der Waals surface area contributed by atoms with Crippen LogP contribution in [-0.4, -0.2) is 28.1 Å². The smallest absolute Gasteiger partial charge is 0.306 e. The zero-order chi connectivity index (χ0) is 14.5. The summed E-state index contributed by atoms with van der Waals surface area (Å²) in [5, 5.41) is 20.8. The highest BCUT2D eigenvalue weighted by Crippen LogP contribution is 2.25. The summed E-state index contributed by atoms with van der Waals surface area (Å²) in [5.74, 6) is -1.19. The maximum Gasteiger partial charge on any atom is 0.306 e. The lowest BCUT2D eigenvalue weighted by atomic mass is 10.1. The molecule has 0 aromatic heterocycles. The van der Waals surface area contributed by atoms with E-state index >= 15 is 0 Å². The normalized spacial score (nSPS) is 22.0. The summed E-state index contributed by atoms with van der Waals surface area (Å²) in [6.45, 7) is 0. The number of hydrogen-bond donors (Lipinski definition) is 3. The molecule has 1 aliphatic carbocycles. The molecule has 20 heavy (non-hydrogen) atoms. The van der Waals surface area contributed by atoms with Crippen LogP contribution >= 0.6 is 0 Å². The van der Waals surface area contributed by atoms with Crippen molar-refractivity contribution in [2.45, 2.75) is 25.3 Å². The topological polar surface area (TPSA) is 86.6 Å². The maximum absolute atomic E-state index is 11.7. The lowest BCUT2D eigenvalue weighted by molar-refractivity contribution is -0.141. The number of rotatable bonds is 4. The van der Waals surface area contributed by atoms with E-state index in [2.05, 4.69) is 5.32 Å². The first-order chi connectivity index (χ1) is 9.54. The molecule has 0 saturated heterocycles. The van der Waals surface area contributed by atoms with Crippen molar-refractivity contribution in [2.75, 3.05) is 0 Å². The Labute approximate surface area is 116 Å². The molecule has 5 nitrogen and oxygen atoms in total. The van der Waals surface area contributed by atoms with Crippen molar-refractivity contribution in [2.24, 2.45) is 5.92 Å². The molecule has 0 bridgehead atoms. The zero-order valence-corrected chi connectivity index (χ0v) is 11.0. The Morgan fingerprint density at radius 1 is 1.20 bits per heavy atom. The predicted octanol–water partition coefficient (Wildman–Crippen LogP) is 1.77. The molecule has 1 aromatic rings. The van der Waals surface area contributed by atoms with E-state index in [1.54, 1.807) is 30.3 Å². The standard InChI is InChI=1S/C15H17NO4/c17-13-6-1-10(2-7-13)3-8-14(18)16-12-5-4-11(9-12)15(19)20/h1-3,6-8,11-12,17H,4-5,9H2,(H,16,18)(H,19,20)/b8-3+/t11-,12+/m1/s1. The molecule has 1 amide bonds. The second kappa shape index (κ2) is 6.23. The fraction of sp³-hybridized carbons (Fsp3) is 0.333. The summed E-state index contributed by atoms with van der Waals surface area (Å²) >= 11 is 0. The molecule has 0 spiro atoms. The summed E-state index contributed by atoms with van der Waals surface area (Å²) in [7, 11) is 0. The summed E-state index contributed by atoms with van der Waals surface area (Å²) in [5.41, 5.74) is 0.813. The first kappa shape index (κ1) is 14.1. The number of carboxylic acids is 1. The van der Waals surface area contributed by atoms with E-state index in [0.717, 1.165) is 5.56 Å². The van der Waals surface area contributed by atoms with Gasteiger partial charge in [0.15, 0.2) is 0 Å². The van der Waals surface area contributed by atoms with Crippen LogP contribution in [0.25, 0.3) is 6.08 Å². The second-order valence-electron chi connectivity index (χ2n) is 4.98. The first-order valence-corrected chi connectivity index (χ1v) is 6.55. The number of amides is 1. The van der Waals surface area contributed by atoms with Crippen molar-refractivity contribution in [1.82, 2.24) is 5.32 Å². The maximum atomic E-state index is 11.7. The summed E-state index contributed by atoms with van der Waals surface area (Å²) in [6.07, 6.45) is 4.88. The number of carbonyl (C=O) groups excluding carboxylic acids is 1. The lowest BCUT2D eigenvalue weighted by Crippen LogP contribution is -2.31. The fourth-order valence-electron chi connectivity index (χ4n) is 2.34. The van der Waals surface area contributed by atoms with Gasteiger partial charge in [-0.15, -0.1) is 0 Å². The third kappa shape index (κ3) is 3.85. The zero-order valence-electron chi connectivity index (χ0n) is 11.0. The van der Waals surface area contributed by atoms with Crippen molar-refractivity contribution in [1.29, 1.82) is 0 Å². The number of aliphatic carboxylic acids is 1. The van der Waals surface area contributed by atoms with Crippen LogP contribution in [0.4, 0.5) is 0 Å². The Morgan fingerprint density at radius 3 is 2.50 bits per heavy atom. The van der Waals surface area contributed by atoms with Crippen LogP contribution < -0.4 is 5.32 Å². The van der Waals surface area contributed by atoms with Crippen LogP contribution in [0.3, 0.4) is 0 Å². The second-order valence-corrected chi connectivity index (χ2v) is 4.98. The quantitative estimate of drug-likeness (QED) is 0.731. The Bertz CT molecular complexity index is 521. The van der Waals surface area contributed by atoms with Crippen molar-refractivity contribution in [3.8, 4) is 5.75 Å². The number of benzene rings is 1. The van der Waals surface area contributed by atoms with E-state index in [0.29, 0.717) is 19.3 Å². The molecule has 1 saturated carbocycles. The number of nitrogens with one attached hydrogen (secondary N) is 1. The fourth-order valence-corrected chi connectivity index (χ4v) is 2.34. The van der Waals surface area contributed by atoms with Gasteiger partial charge in [0.25, 0.3) is 0 Å². The predicted molar refractivity (Wildman–Crippen MR) is 74.0 cm³/mol. The molecular weight excluding hydrogens is 258 g/mol. The molecule has 2 rings (SSSR count). The van der Waals surface area contributed by atoms with E-state index in [9.17, 15) is 9.59 Å². The van der Waals surface area contributed by atoms with Crippen LogP contribution in [0.5, 0.6) is 5.75 Å². The molecule has 106 valence electrons. The van der Waals surface area contributed by atoms with Gasteiger partial charge in [-0.1, -0.05) is 12.1 Å². The molecule has 5 heteroatoms. The van der Waals surface area contributed by atoms with Crippen LogP contribution in [0.2, 0.25) is 0 Å². The molecule has 1 aromatic carbocycles. The van der Waals surface area contributed by atoms with Gasteiger partial charge >= 0.3 is 5.97 Å². The van der Waals surface area contributed by atoms with Crippen LogP contribution in [0.15, 0.2) is 30.3 Å². The SMILES string of the molecule is O=C(/C=C/c1ccc(O)cc1)N[C@H]1CC[C@@H](C(=O)O)C1. The number of carbonyl (C=O) groups is 2. The van der Waals surface area contributed by atoms with E-state index in [1.165, 1.54) is 6.08 Å². The Kier molecular flexibility index (Phi) is 4.40. The van der Waals surface area contributed by atoms with Gasteiger partial charge in [0, 0.05) is 12.1 Å². The van der Waals surface area contributed by atoms with Gasteiger partial charge in [-0.2, -0.15) is 0 Å². The Hall–Kier alpha value is -2.30. The number of aromatic hydroxyl groups is 1. The summed E-state index contributed by atoms with van der Waals surface area (Å²) in [4.78, 5) is 22.5. The monoisotopic (exact) mass is 275 g/mol. The molecule has 3 N–H and O–H groups in total. The molecule has 0 unspecified atom stereocenters. The first-order valence-electron chi connectivity index (χ1n) is 6.55. The Morgan fingerprint density at radius 2 is 1.90 bits per heavy atom. The average molecular weight is 275 g/mol. The molecule has 2 atom stereocenters. The number of phenols is 1. The third-order valence-electron chi connectivity index (χ3n) is 3.45. The van der Waals surface area contributed by atoms with Gasteiger partial charge in [-0.3, -0.25) is 9.59 Å². The molecule has 1 fully saturated rings. The van der Waals surface area contributed by atoms with E-state index in [4.69, 9.17) is 10.2 Å². The molecular formula is C15H17NO4. The average Bonchev–Trinajstić information content (AvgIpc) is 2.87. The Balaban J connectivity index is 1.84. The minimum atomic E-state index is -0.790. The van der Waals surface area contributed by atoms with E-state index < -0.39 is 5.97 Å². The van der Waals surface area contributed by atoms with Crippen molar-refractivity contribution in [3.05, 3.63) is 35.9 Å². The van der Waals surface area contributed by atoms with Gasteiger partial charge in [0.05, 0.1) is 5.92 Å². The summed E-state index contributed by atoms with van der Waals surface area (Å²) in [6, 6.07) is 6.44. The molecule has 0 radical (unpaired) electrons. The number of phenolic OH excluding ortho intramolecular Hbond substituents is 1. The van der Waals surface area contributed by atoms with Gasteiger partial charge in [0.1, 0.15) is 5.75 Å². The van der Waals surface area contributed by atoms with Crippen molar-refractivity contribution < 1.29 is 19.8 Å². The lowest BCUT2D eigenvalue weighted by Gasteiger charge is -2.10. The highest BCUT2D eigenvalue weighted by molar-refractivity contribution is 5.92. The number of carboxylic acid groups (broad SMARTS) is 1. The van der Waals surface area contributed by atoms with Gasteiger partial charge in [-0.25, -0.2) is 0 Å². The highest BCUT2D eigenvalue weighted by Gasteiger charge is 2.30. The van der Waals surface area contributed by atoms with Crippen LogP contribution in [0.1, 0.15) is 24.8 Å². The van der Waals surface area contributed by atoms with Gasteiger partial charge in [-0.05, 0) is 43.0 Å². The third-order valence-corrected chi connectivity index (χ3v) is 3.45. The van der Waals surface area contributed by atoms with Gasteiger partial charge < -0.3 is 15.5 Å². The van der Waals surface area contributed by atoms with Crippen molar-refractivity contribution >= 4 is 18.0 Å². The minimum Gasteiger partial charge on any atom is -0.508 e. The molecule has 0 aliphatic heterocycles. The summed E-state index contributed by atoms with van der Waals surface area (Å²) < 4.78 is 0. The van der Waals surface area contributed by atoms with E-state index in [-0.39, 0.29) is 23.6 Å². The minimum absolute atomic E-state index is 0.0620.